The first-order valence-corrected chi connectivity index (χ1v) is 9.42. The third kappa shape index (κ3) is 4.14. The van der Waals surface area contributed by atoms with E-state index in [1.54, 1.807) is 0 Å². The van der Waals surface area contributed by atoms with Gasteiger partial charge in [0.25, 0.3) is 0 Å². The lowest BCUT2D eigenvalue weighted by molar-refractivity contribution is -0.148. The second-order valence-electron chi connectivity index (χ2n) is 7.02. The van der Waals surface area contributed by atoms with Crippen LogP contribution >= 0.6 is 0 Å². The monoisotopic (exact) mass is 344 g/mol. The summed E-state index contributed by atoms with van der Waals surface area (Å²) in [6.07, 6.45) is 3.37. The topological polar surface area (TPSA) is 49.9 Å². The molecule has 0 radical (unpaired) electrons. The van der Waals surface area contributed by atoms with Gasteiger partial charge < -0.3 is 14.5 Å². The van der Waals surface area contributed by atoms with E-state index in [4.69, 9.17) is 4.74 Å². The van der Waals surface area contributed by atoms with Crippen LogP contribution in [-0.4, -0.2) is 53.9 Å². The van der Waals surface area contributed by atoms with E-state index in [1.165, 1.54) is 5.56 Å². The molecule has 1 atom stereocenters. The van der Waals surface area contributed by atoms with Crippen molar-refractivity contribution in [2.75, 3.05) is 26.2 Å². The minimum absolute atomic E-state index is 0.0476. The number of amides is 2. The predicted molar refractivity (Wildman–Crippen MR) is 96.4 cm³/mol. The van der Waals surface area contributed by atoms with Gasteiger partial charge in [0.05, 0.1) is 19.0 Å². The third-order valence-corrected chi connectivity index (χ3v) is 5.19. The lowest BCUT2D eigenvalue weighted by atomic mass is 9.94. The minimum atomic E-state index is -0.0476. The average molecular weight is 344 g/mol. The summed E-state index contributed by atoms with van der Waals surface area (Å²) >= 11 is 0. The number of rotatable bonds is 5. The Labute approximate surface area is 149 Å². The summed E-state index contributed by atoms with van der Waals surface area (Å²) in [4.78, 5) is 28.3. The lowest BCUT2D eigenvalue weighted by Gasteiger charge is -2.42. The Kier molecular flexibility index (Phi) is 5.61. The molecular formula is C20H28N2O3. The van der Waals surface area contributed by atoms with Gasteiger partial charge in [0.2, 0.25) is 11.8 Å². The molecule has 25 heavy (non-hydrogen) atoms. The van der Waals surface area contributed by atoms with Crippen LogP contribution in [0.15, 0.2) is 24.3 Å². The van der Waals surface area contributed by atoms with Crippen molar-refractivity contribution >= 4 is 11.8 Å². The van der Waals surface area contributed by atoms with Gasteiger partial charge >= 0.3 is 0 Å². The Morgan fingerprint density at radius 2 is 1.96 bits per heavy atom. The molecule has 0 spiro atoms. The van der Waals surface area contributed by atoms with Crippen molar-refractivity contribution in [1.82, 2.24) is 9.80 Å². The van der Waals surface area contributed by atoms with E-state index in [1.807, 2.05) is 28.9 Å². The Hall–Kier alpha value is -2.04. The highest BCUT2D eigenvalue weighted by molar-refractivity contribution is 5.82. The Morgan fingerprint density at radius 3 is 2.68 bits per heavy atom. The van der Waals surface area contributed by atoms with Crippen LogP contribution in [0.4, 0.5) is 0 Å². The third-order valence-electron chi connectivity index (χ3n) is 5.19. The molecule has 1 aromatic rings. The molecule has 0 saturated carbocycles. The molecule has 2 fully saturated rings. The molecule has 1 aromatic carbocycles. The molecule has 0 N–H and O–H groups in total. The number of hydrogen-bond acceptors (Lipinski definition) is 3. The molecule has 5 heteroatoms. The maximum absolute atomic E-state index is 12.7. The zero-order valence-electron chi connectivity index (χ0n) is 15.2. The molecule has 136 valence electrons. The lowest BCUT2D eigenvalue weighted by Crippen LogP contribution is -2.59. The standard InChI is InChI=1S/C20H28N2O3/c1-3-15-7-5-9-17(11-15)25-18-13-22(14-18)20(24)16-8-6-10-21(12-16)19(23)4-2/h5,7,9,11,16,18H,3-4,6,8,10,12-14H2,1-2H3. The molecule has 2 amide bonds. The molecule has 2 aliphatic heterocycles. The van der Waals surface area contributed by atoms with Crippen LogP contribution in [-0.2, 0) is 16.0 Å². The predicted octanol–water partition coefficient (Wildman–Crippen LogP) is 2.49. The quantitative estimate of drug-likeness (QED) is 0.824. The summed E-state index contributed by atoms with van der Waals surface area (Å²) in [5.74, 6) is 1.16. The first-order chi connectivity index (χ1) is 12.1. The number of nitrogens with zero attached hydrogens (tertiary/aromatic N) is 2. The largest absolute Gasteiger partial charge is 0.487 e. The molecule has 3 rings (SSSR count). The Balaban J connectivity index is 1.48. The zero-order chi connectivity index (χ0) is 17.8. The van der Waals surface area contributed by atoms with Crippen LogP contribution in [0.25, 0.3) is 0 Å². The summed E-state index contributed by atoms with van der Waals surface area (Å²) in [6.45, 7) is 6.65. The summed E-state index contributed by atoms with van der Waals surface area (Å²) in [6, 6.07) is 8.14. The van der Waals surface area contributed by atoms with Gasteiger partial charge in [0, 0.05) is 19.5 Å². The van der Waals surface area contributed by atoms with Gasteiger partial charge in [-0.05, 0) is 37.0 Å². The normalized spacial score (nSPS) is 21.0. The van der Waals surface area contributed by atoms with Gasteiger partial charge in [-0.3, -0.25) is 9.59 Å². The second-order valence-corrected chi connectivity index (χ2v) is 7.02. The summed E-state index contributed by atoms with van der Waals surface area (Å²) < 4.78 is 5.98. The number of ether oxygens (including phenoxy) is 1. The number of carbonyl (C=O) groups excluding carboxylic acids is 2. The molecule has 1 unspecified atom stereocenters. The van der Waals surface area contributed by atoms with Crippen molar-refractivity contribution in [3.05, 3.63) is 29.8 Å². The van der Waals surface area contributed by atoms with Gasteiger partial charge in [-0.2, -0.15) is 0 Å². The highest BCUT2D eigenvalue weighted by Gasteiger charge is 2.37. The fourth-order valence-corrected chi connectivity index (χ4v) is 3.61. The van der Waals surface area contributed by atoms with Gasteiger partial charge in [0.1, 0.15) is 11.9 Å². The molecule has 0 aromatic heterocycles. The smallest absolute Gasteiger partial charge is 0.227 e. The highest BCUT2D eigenvalue weighted by Crippen LogP contribution is 2.24. The number of likely N-dealkylation sites (tertiary alicyclic amines) is 2. The van der Waals surface area contributed by atoms with Crippen LogP contribution in [0, 0.1) is 5.92 Å². The van der Waals surface area contributed by atoms with E-state index in [0.717, 1.165) is 31.6 Å². The second kappa shape index (κ2) is 7.89. The van der Waals surface area contributed by atoms with Gasteiger partial charge in [-0.25, -0.2) is 0 Å². The van der Waals surface area contributed by atoms with Gasteiger partial charge in [-0.15, -0.1) is 0 Å². The fourth-order valence-electron chi connectivity index (χ4n) is 3.61. The van der Waals surface area contributed by atoms with Crippen molar-refractivity contribution < 1.29 is 14.3 Å². The maximum Gasteiger partial charge on any atom is 0.227 e. The van der Waals surface area contributed by atoms with Crippen molar-refractivity contribution in [3.63, 3.8) is 0 Å². The summed E-state index contributed by atoms with van der Waals surface area (Å²) in [7, 11) is 0. The first kappa shape index (κ1) is 17.8. The van der Waals surface area contributed by atoms with Gasteiger partial charge in [-0.1, -0.05) is 26.0 Å². The summed E-state index contributed by atoms with van der Waals surface area (Å²) in [5.41, 5.74) is 1.26. The van der Waals surface area contributed by atoms with Crippen LogP contribution < -0.4 is 4.74 Å². The molecule has 2 heterocycles. The Bertz CT molecular complexity index is 625. The number of piperidine rings is 1. The van der Waals surface area contributed by atoms with Crippen molar-refractivity contribution in [3.8, 4) is 5.75 Å². The van der Waals surface area contributed by atoms with Gasteiger partial charge in [0.15, 0.2) is 0 Å². The molecule has 0 bridgehead atoms. The van der Waals surface area contributed by atoms with E-state index >= 15 is 0 Å². The van der Waals surface area contributed by atoms with Crippen molar-refractivity contribution in [2.24, 2.45) is 5.92 Å². The highest BCUT2D eigenvalue weighted by atomic mass is 16.5. The summed E-state index contributed by atoms with van der Waals surface area (Å²) in [5, 5.41) is 0. The Morgan fingerprint density at radius 1 is 1.16 bits per heavy atom. The van der Waals surface area contributed by atoms with Crippen molar-refractivity contribution in [1.29, 1.82) is 0 Å². The van der Waals surface area contributed by atoms with Crippen LogP contribution in [0.5, 0.6) is 5.75 Å². The number of hydrogen-bond donors (Lipinski definition) is 0. The first-order valence-electron chi connectivity index (χ1n) is 9.42. The average Bonchev–Trinajstić information content (AvgIpc) is 2.63. The van der Waals surface area contributed by atoms with Crippen molar-refractivity contribution in [2.45, 2.75) is 45.6 Å². The molecular weight excluding hydrogens is 316 g/mol. The number of aryl methyl sites for hydroxylation is 1. The number of carbonyl (C=O) groups is 2. The molecule has 2 aliphatic rings. The van der Waals surface area contributed by atoms with E-state index in [-0.39, 0.29) is 23.8 Å². The van der Waals surface area contributed by atoms with E-state index < -0.39 is 0 Å². The van der Waals surface area contributed by atoms with Crippen LogP contribution in [0.1, 0.15) is 38.7 Å². The maximum atomic E-state index is 12.7. The van der Waals surface area contributed by atoms with E-state index in [2.05, 4.69) is 19.1 Å². The molecule has 0 aliphatic carbocycles. The molecule has 2 saturated heterocycles. The van der Waals surface area contributed by atoms with E-state index in [0.29, 0.717) is 26.1 Å². The van der Waals surface area contributed by atoms with Crippen LogP contribution in [0.2, 0.25) is 0 Å². The fraction of sp³-hybridized carbons (Fsp3) is 0.600. The molecule has 5 nitrogen and oxygen atoms in total. The zero-order valence-corrected chi connectivity index (χ0v) is 15.2. The van der Waals surface area contributed by atoms with Crippen LogP contribution in [0.3, 0.4) is 0 Å². The number of benzene rings is 1. The SMILES string of the molecule is CCC(=O)N1CCCC(C(=O)N2CC(Oc3cccc(CC)c3)C2)C1. The van der Waals surface area contributed by atoms with E-state index in [9.17, 15) is 9.59 Å². The minimum Gasteiger partial charge on any atom is -0.487 e.